The van der Waals surface area contributed by atoms with E-state index in [1.807, 2.05) is 6.92 Å². The lowest BCUT2D eigenvalue weighted by molar-refractivity contribution is -0.143. The summed E-state index contributed by atoms with van der Waals surface area (Å²) in [5.41, 5.74) is 0.535. The van der Waals surface area contributed by atoms with Crippen molar-refractivity contribution in [3.05, 3.63) is 36.4 Å². The summed E-state index contributed by atoms with van der Waals surface area (Å²) in [6, 6.07) is 9.98. The van der Waals surface area contributed by atoms with Crippen molar-refractivity contribution in [3.8, 4) is 0 Å². The normalized spacial score (nSPS) is 21.1. The van der Waals surface area contributed by atoms with E-state index < -0.39 is 21.9 Å². The predicted octanol–water partition coefficient (Wildman–Crippen LogP) is 2.53. The average molecular weight is 390 g/mol. The highest BCUT2D eigenvalue weighted by Crippen LogP contribution is 2.33. The average Bonchev–Trinajstić information content (AvgIpc) is 2.60. The van der Waals surface area contributed by atoms with E-state index >= 15 is 0 Å². The highest BCUT2D eigenvalue weighted by atomic mass is 32.2. The van der Waals surface area contributed by atoms with E-state index in [-0.39, 0.29) is 29.8 Å². The fourth-order valence-electron chi connectivity index (χ4n) is 3.61. The molecule has 0 aliphatic carbocycles. The van der Waals surface area contributed by atoms with Crippen molar-refractivity contribution < 1.29 is 23.1 Å². The second kappa shape index (κ2) is 7.28. The van der Waals surface area contributed by atoms with Crippen molar-refractivity contribution >= 4 is 38.4 Å². The summed E-state index contributed by atoms with van der Waals surface area (Å²) in [5, 5.41) is 13.2. The smallest absolute Gasteiger partial charge is 0.307 e. The summed E-state index contributed by atoms with van der Waals surface area (Å²) in [7, 11) is -3.88. The summed E-state index contributed by atoms with van der Waals surface area (Å²) in [6.07, 6.45) is 0.462. The largest absolute Gasteiger partial charge is 0.481 e. The van der Waals surface area contributed by atoms with E-state index in [4.69, 9.17) is 0 Å². The van der Waals surface area contributed by atoms with Crippen LogP contribution in [0.4, 0.5) is 5.69 Å². The molecule has 1 saturated heterocycles. The predicted molar refractivity (Wildman–Crippen MR) is 102 cm³/mol. The number of nitrogens with zero attached hydrogens (tertiary/aromatic N) is 1. The molecule has 2 aromatic rings. The van der Waals surface area contributed by atoms with Crippen LogP contribution >= 0.6 is 0 Å². The van der Waals surface area contributed by atoms with Crippen molar-refractivity contribution in [2.45, 2.75) is 25.2 Å². The summed E-state index contributed by atoms with van der Waals surface area (Å²) < 4.78 is 27.9. The Morgan fingerprint density at radius 3 is 2.41 bits per heavy atom. The van der Waals surface area contributed by atoms with E-state index in [1.54, 1.807) is 30.3 Å². The van der Waals surface area contributed by atoms with Gasteiger partial charge in [-0.2, -0.15) is 4.31 Å². The fourth-order valence-corrected chi connectivity index (χ4v) is 5.41. The number of carbonyl (C=O) groups excluding carboxylic acids is 1. The number of amides is 1. The second-order valence-electron chi connectivity index (χ2n) is 7.04. The molecule has 1 heterocycles. The van der Waals surface area contributed by atoms with Crippen LogP contribution in [0.25, 0.3) is 10.8 Å². The Balaban J connectivity index is 2.08. The molecule has 1 aliphatic rings. The number of nitrogens with one attached hydrogen (secondary N) is 1. The zero-order chi connectivity index (χ0) is 19.8. The van der Waals surface area contributed by atoms with E-state index in [9.17, 15) is 23.1 Å². The number of fused-ring (bicyclic) bond motifs is 1. The van der Waals surface area contributed by atoms with Gasteiger partial charge in [-0.25, -0.2) is 8.42 Å². The lowest BCUT2D eigenvalue weighted by Gasteiger charge is -2.34. The molecule has 2 aromatic carbocycles. The van der Waals surface area contributed by atoms with Crippen LogP contribution in [-0.2, 0) is 19.6 Å². The number of rotatable bonds is 4. The number of sulfonamides is 1. The van der Waals surface area contributed by atoms with Crippen LogP contribution in [0.3, 0.4) is 0 Å². The van der Waals surface area contributed by atoms with Crippen molar-refractivity contribution in [2.75, 3.05) is 18.4 Å². The van der Waals surface area contributed by atoms with Crippen molar-refractivity contribution in [2.24, 2.45) is 11.8 Å². The van der Waals surface area contributed by atoms with E-state index in [1.165, 1.54) is 17.3 Å². The molecular weight excluding hydrogens is 368 g/mol. The Bertz CT molecular complexity index is 1000. The molecule has 0 spiro atoms. The number of hydrogen-bond acceptors (Lipinski definition) is 4. The molecule has 0 bridgehead atoms. The first-order valence-electron chi connectivity index (χ1n) is 8.72. The Morgan fingerprint density at radius 1 is 1.11 bits per heavy atom. The lowest BCUT2D eigenvalue weighted by Crippen LogP contribution is -2.45. The number of carbonyl (C=O) groups is 2. The third-order valence-corrected chi connectivity index (χ3v) is 6.68. The van der Waals surface area contributed by atoms with Crippen molar-refractivity contribution in [1.29, 1.82) is 0 Å². The summed E-state index contributed by atoms with van der Waals surface area (Å²) in [4.78, 5) is 23.0. The molecule has 1 fully saturated rings. The fraction of sp³-hybridized carbons (Fsp3) is 0.368. The first-order chi connectivity index (χ1) is 12.7. The molecule has 0 radical (unpaired) electrons. The number of carboxylic acid groups (broad SMARTS) is 1. The van der Waals surface area contributed by atoms with Gasteiger partial charge in [0.1, 0.15) is 0 Å². The number of anilines is 1. The SMILES string of the molecule is CC(=O)Nc1ccc(S(=O)(=O)N2CC(C)CC(C(=O)O)C2)c2ccccc12. The molecule has 3 rings (SSSR count). The number of hydrogen-bond donors (Lipinski definition) is 2. The first-order valence-corrected chi connectivity index (χ1v) is 10.2. The monoisotopic (exact) mass is 390 g/mol. The zero-order valence-corrected chi connectivity index (χ0v) is 16.0. The summed E-state index contributed by atoms with van der Waals surface area (Å²) in [6.45, 7) is 3.49. The maximum absolute atomic E-state index is 13.3. The summed E-state index contributed by atoms with van der Waals surface area (Å²) in [5.74, 6) is -1.98. The molecule has 2 atom stereocenters. The topological polar surface area (TPSA) is 104 Å². The van der Waals surface area contributed by atoms with Gasteiger partial charge in [0, 0.05) is 36.5 Å². The van der Waals surface area contributed by atoms with E-state index in [0.29, 0.717) is 22.9 Å². The van der Waals surface area contributed by atoms with Crippen LogP contribution in [0.2, 0.25) is 0 Å². The van der Waals surface area contributed by atoms with Gasteiger partial charge in [0.2, 0.25) is 15.9 Å². The third kappa shape index (κ3) is 3.81. The molecular formula is C19H22N2O5S. The molecule has 27 heavy (non-hydrogen) atoms. The van der Waals surface area contributed by atoms with Gasteiger partial charge in [-0.1, -0.05) is 31.2 Å². The van der Waals surface area contributed by atoms with Crippen LogP contribution < -0.4 is 5.32 Å². The van der Waals surface area contributed by atoms with Crippen molar-refractivity contribution in [3.63, 3.8) is 0 Å². The maximum atomic E-state index is 13.3. The van der Waals surface area contributed by atoms with Gasteiger partial charge in [-0.3, -0.25) is 9.59 Å². The highest BCUT2D eigenvalue weighted by molar-refractivity contribution is 7.89. The minimum Gasteiger partial charge on any atom is -0.481 e. The molecule has 2 unspecified atom stereocenters. The number of carboxylic acids is 1. The molecule has 0 saturated carbocycles. The Hall–Kier alpha value is -2.45. The number of piperidine rings is 1. The Kier molecular flexibility index (Phi) is 5.21. The van der Waals surface area contributed by atoms with Gasteiger partial charge in [0.25, 0.3) is 0 Å². The first kappa shape index (κ1) is 19.3. The van der Waals surface area contributed by atoms with E-state index in [0.717, 1.165) is 0 Å². The Labute approximate surface area is 158 Å². The highest BCUT2D eigenvalue weighted by Gasteiger charge is 2.36. The number of benzene rings is 2. The summed E-state index contributed by atoms with van der Waals surface area (Å²) >= 11 is 0. The van der Waals surface area contributed by atoms with Crippen LogP contribution in [0.5, 0.6) is 0 Å². The molecule has 1 amide bonds. The van der Waals surface area contributed by atoms with Gasteiger partial charge in [0.05, 0.1) is 10.8 Å². The zero-order valence-electron chi connectivity index (χ0n) is 15.2. The van der Waals surface area contributed by atoms with Crippen LogP contribution in [-0.4, -0.2) is 42.8 Å². The minimum absolute atomic E-state index is 0.0379. The van der Waals surface area contributed by atoms with Crippen LogP contribution in [0.1, 0.15) is 20.3 Å². The molecule has 8 heteroatoms. The van der Waals surface area contributed by atoms with Gasteiger partial charge in [-0.15, -0.1) is 0 Å². The Morgan fingerprint density at radius 2 is 1.78 bits per heavy atom. The van der Waals surface area contributed by atoms with Gasteiger partial charge >= 0.3 is 5.97 Å². The van der Waals surface area contributed by atoms with Gasteiger partial charge in [0.15, 0.2) is 0 Å². The standard InChI is InChI=1S/C19H22N2O5S/c1-12-9-14(19(23)24)11-21(10-12)27(25,26)18-8-7-17(20-13(2)22)15-5-3-4-6-16(15)18/h3-8,12,14H,9-11H2,1-2H3,(H,20,22)(H,23,24). The molecule has 1 aliphatic heterocycles. The molecule has 0 aromatic heterocycles. The quantitative estimate of drug-likeness (QED) is 0.835. The number of aliphatic carboxylic acids is 1. The molecule has 144 valence electrons. The molecule has 2 N–H and O–H groups in total. The maximum Gasteiger partial charge on any atom is 0.307 e. The minimum atomic E-state index is -3.88. The lowest BCUT2D eigenvalue weighted by atomic mass is 9.92. The van der Waals surface area contributed by atoms with E-state index in [2.05, 4.69) is 5.32 Å². The van der Waals surface area contributed by atoms with Gasteiger partial charge < -0.3 is 10.4 Å². The van der Waals surface area contributed by atoms with Gasteiger partial charge in [-0.05, 0) is 24.5 Å². The van der Waals surface area contributed by atoms with Crippen LogP contribution in [0.15, 0.2) is 41.3 Å². The molecule has 7 nitrogen and oxygen atoms in total. The second-order valence-corrected chi connectivity index (χ2v) is 8.94. The third-order valence-electron chi connectivity index (χ3n) is 4.79. The van der Waals surface area contributed by atoms with Crippen LogP contribution in [0, 0.1) is 11.8 Å². The van der Waals surface area contributed by atoms with Crippen molar-refractivity contribution in [1.82, 2.24) is 4.31 Å².